The molecular formula is C3H5NO2S. The van der Waals surface area contributed by atoms with Crippen LogP contribution in [0.5, 0.6) is 0 Å². The maximum absolute atomic E-state index is 9.84. The van der Waals surface area contributed by atoms with Crippen molar-refractivity contribution in [3.63, 3.8) is 0 Å². The minimum atomic E-state index is -0.415. The first-order valence-corrected chi connectivity index (χ1v) is 2.01. The van der Waals surface area contributed by atoms with Crippen molar-refractivity contribution in [3.8, 4) is 0 Å². The predicted molar refractivity (Wildman–Crippen MR) is 29.5 cm³/mol. The fourth-order valence-electron chi connectivity index (χ4n) is 0.0978. The first kappa shape index (κ1) is 6.49. The standard InChI is InChI=1S/C3H5NO2S/c1-6-4-2-3(5)7/h2H,1H3,(H,5,7)/b4-2-. The van der Waals surface area contributed by atoms with Crippen molar-refractivity contribution >= 4 is 24.0 Å². The molecule has 0 radical (unpaired) electrons. The van der Waals surface area contributed by atoms with Crippen LogP contribution in [-0.2, 0) is 9.63 Å². The van der Waals surface area contributed by atoms with Gasteiger partial charge in [-0.05, 0) is 0 Å². The molecule has 40 valence electrons. The van der Waals surface area contributed by atoms with E-state index in [9.17, 15) is 4.79 Å². The van der Waals surface area contributed by atoms with Crippen molar-refractivity contribution in [2.45, 2.75) is 0 Å². The molecule has 0 aliphatic carbocycles. The van der Waals surface area contributed by atoms with Gasteiger partial charge in [0.05, 0.1) is 0 Å². The van der Waals surface area contributed by atoms with E-state index in [0.29, 0.717) is 0 Å². The molecule has 0 unspecified atom stereocenters. The minimum Gasteiger partial charge on any atom is -0.399 e. The molecule has 7 heavy (non-hydrogen) atoms. The lowest BCUT2D eigenvalue weighted by Gasteiger charge is -1.78. The number of thiol groups is 1. The molecule has 0 aliphatic rings. The number of carbonyl (C=O) groups excluding carboxylic acids is 1. The number of carbonyl (C=O) groups is 1. The molecule has 0 N–H and O–H groups in total. The van der Waals surface area contributed by atoms with Crippen LogP contribution in [0.4, 0.5) is 0 Å². The van der Waals surface area contributed by atoms with Gasteiger partial charge in [-0.3, -0.25) is 4.79 Å². The Hall–Kier alpha value is -0.510. The Bertz CT molecular complexity index is 90.9. The van der Waals surface area contributed by atoms with Gasteiger partial charge in [0, 0.05) is 0 Å². The monoisotopic (exact) mass is 119 g/mol. The van der Waals surface area contributed by atoms with Crippen LogP contribution < -0.4 is 0 Å². The van der Waals surface area contributed by atoms with Crippen LogP contribution in [-0.4, -0.2) is 18.4 Å². The summed E-state index contributed by atoms with van der Waals surface area (Å²) in [6.45, 7) is 0. The van der Waals surface area contributed by atoms with Crippen LogP contribution in [0.15, 0.2) is 5.16 Å². The van der Waals surface area contributed by atoms with Crippen molar-refractivity contribution in [2.75, 3.05) is 7.11 Å². The smallest absolute Gasteiger partial charge is 0.230 e. The lowest BCUT2D eigenvalue weighted by molar-refractivity contribution is -0.105. The fourth-order valence-corrected chi connectivity index (χ4v) is 0.145. The van der Waals surface area contributed by atoms with Crippen LogP contribution in [0.2, 0.25) is 0 Å². The van der Waals surface area contributed by atoms with E-state index in [-0.39, 0.29) is 0 Å². The first-order chi connectivity index (χ1) is 3.27. The third-order valence-electron chi connectivity index (χ3n) is 0.269. The summed E-state index contributed by atoms with van der Waals surface area (Å²) in [5.41, 5.74) is 0. The molecule has 4 heteroatoms. The molecule has 0 aromatic carbocycles. The number of rotatable bonds is 2. The van der Waals surface area contributed by atoms with E-state index in [0.717, 1.165) is 6.21 Å². The zero-order valence-electron chi connectivity index (χ0n) is 3.79. The number of hydrogen-bond donors (Lipinski definition) is 1. The molecule has 0 aromatic heterocycles. The van der Waals surface area contributed by atoms with Crippen molar-refractivity contribution in [1.29, 1.82) is 0 Å². The van der Waals surface area contributed by atoms with E-state index >= 15 is 0 Å². The molecule has 0 saturated carbocycles. The van der Waals surface area contributed by atoms with Gasteiger partial charge in [0.1, 0.15) is 13.3 Å². The summed E-state index contributed by atoms with van der Waals surface area (Å²) < 4.78 is 0. The van der Waals surface area contributed by atoms with Crippen molar-refractivity contribution in [1.82, 2.24) is 0 Å². The summed E-state index contributed by atoms with van der Waals surface area (Å²) in [6.07, 6.45) is 0.975. The Balaban J connectivity index is 3.26. The summed E-state index contributed by atoms with van der Waals surface area (Å²) in [7, 11) is 1.35. The van der Waals surface area contributed by atoms with Gasteiger partial charge in [0.2, 0.25) is 5.12 Å². The maximum atomic E-state index is 9.84. The number of oxime groups is 1. The summed E-state index contributed by atoms with van der Waals surface area (Å²) >= 11 is 3.36. The lowest BCUT2D eigenvalue weighted by atomic mass is 10.9. The van der Waals surface area contributed by atoms with Crippen molar-refractivity contribution in [3.05, 3.63) is 0 Å². The highest BCUT2D eigenvalue weighted by Gasteiger charge is 1.79. The highest BCUT2D eigenvalue weighted by atomic mass is 32.1. The topological polar surface area (TPSA) is 38.7 Å². The molecule has 0 spiro atoms. The van der Waals surface area contributed by atoms with E-state index in [2.05, 4.69) is 22.6 Å². The lowest BCUT2D eigenvalue weighted by Crippen LogP contribution is -1.85. The summed E-state index contributed by atoms with van der Waals surface area (Å²) in [5, 5.41) is 2.71. The Kier molecular flexibility index (Phi) is 3.40. The van der Waals surface area contributed by atoms with Gasteiger partial charge in [-0.15, -0.1) is 0 Å². The van der Waals surface area contributed by atoms with Gasteiger partial charge in [0.15, 0.2) is 0 Å². The van der Waals surface area contributed by atoms with Gasteiger partial charge in [0.25, 0.3) is 0 Å². The number of hydrogen-bond acceptors (Lipinski definition) is 3. The highest BCUT2D eigenvalue weighted by molar-refractivity contribution is 7.98. The van der Waals surface area contributed by atoms with Crippen molar-refractivity contribution < 1.29 is 9.63 Å². The van der Waals surface area contributed by atoms with E-state index < -0.39 is 5.12 Å². The Labute approximate surface area is 46.7 Å². The van der Waals surface area contributed by atoms with Crippen molar-refractivity contribution in [2.24, 2.45) is 5.16 Å². The fraction of sp³-hybridized carbons (Fsp3) is 0.333. The highest BCUT2D eigenvalue weighted by Crippen LogP contribution is 1.71. The van der Waals surface area contributed by atoms with E-state index in [1.54, 1.807) is 0 Å². The summed E-state index contributed by atoms with van der Waals surface area (Å²) in [4.78, 5) is 14.0. The second-order valence-corrected chi connectivity index (χ2v) is 1.20. The molecule has 0 saturated heterocycles. The van der Waals surface area contributed by atoms with Crippen LogP contribution in [0, 0.1) is 0 Å². The SMILES string of the molecule is CO/N=C\C(=O)S. The van der Waals surface area contributed by atoms with Gasteiger partial charge in [-0.1, -0.05) is 17.8 Å². The third kappa shape index (κ3) is 5.49. The van der Waals surface area contributed by atoms with Gasteiger partial charge >= 0.3 is 0 Å². The third-order valence-corrected chi connectivity index (χ3v) is 0.384. The molecule has 3 nitrogen and oxygen atoms in total. The second kappa shape index (κ2) is 3.67. The minimum absolute atomic E-state index is 0.415. The summed E-state index contributed by atoms with van der Waals surface area (Å²) in [5.74, 6) is 0. The second-order valence-electron chi connectivity index (χ2n) is 0.755. The van der Waals surface area contributed by atoms with E-state index in [1.807, 2.05) is 0 Å². The normalized spacial score (nSPS) is 9.43. The molecule has 0 amide bonds. The molecule has 0 aromatic rings. The quantitative estimate of drug-likeness (QED) is 0.317. The van der Waals surface area contributed by atoms with Crippen LogP contribution in [0.25, 0.3) is 0 Å². The molecule has 0 heterocycles. The molecule has 0 bridgehead atoms. The Morgan fingerprint density at radius 1 is 2.00 bits per heavy atom. The molecule has 0 aliphatic heterocycles. The summed E-state index contributed by atoms with van der Waals surface area (Å²) in [6, 6.07) is 0. The number of nitrogens with zero attached hydrogens (tertiary/aromatic N) is 1. The molecule has 0 rings (SSSR count). The van der Waals surface area contributed by atoms with E-state index in [1.165, 1.54) is 7.11 Å². The van der Waals surface area contributed by atoms with Gasteiger partial charge in [-0.2, -0.15) is 0 Å². The van der Waals surface area contributed by atoms with Gasteiger partial charge < -0.3 is 4.84 Å². The Morgan fingerprint density at radius 3 is 2.71 bits per heavy atom. The zero-order valence-corrected chi connectivity index (χ0v) is 4.68. The molecule has 0 fully saturated rings. The average Bonchev–Trinajstić information content (AvgIpc) is 1.61. The zero-order chi connectivity index (χ0) is 5.70. The maximum Gasteiger partial charge on any atom is 0.230 e. The average molecular weight is 119 g/mol. The van der Waals surface area contributed by atoms with Crippen LogP contribution in [0.3, 0.4) is 0 Å². The van der Waals surface area contributed by atoms with Crippen LogP contribution >= 0.6 is 12.6 Å². The Morgan fingerprint density at radius 2 is 2.57 bits per heavy atom. The first-order valence-electron chi connectivity index (χ1n) is 1.57. The molecular weight excluding hydrogens is 114 g/mol. The predicted octanol–water partition coefficient (Wildman–Crippen LogP) is 0.0750. The largest absolute Gasteiger partial charge is 0.399 e. The van der Waals surface area contributed by atoms with Gasteiger partial charge in [-0.25, -0.2) is 0 Å². The molecule has 0 atom stereocenters. The van der Waals surface area contributed by atoms with E-state index in [4.69, 9.17) is 0 Å². The van der Waals surface area contributed by atoms with Crippen LogP contribution in [0.1, 0.15) is 0 Å².